The molecule has 148 valence electrons. The summed E-state index contributed by atoms with van der Waals surface area (Å²) in [6.07, 6.45) is -3.53. The quantitative estimate of drug-likeness (QED) is 0.699. The summed E-state index contributed by atoms with van der Waals surface area (Å²) in [7, 11) is -2.18. The number of hydrogen-bond acceptors (Lipinski definition) is 7. The largest absolute Gasteiger partial charge is 0.416 e. The Morgan fingerprint density at radius 3 is 2.46 bits per heavy atom. The summed E-state index contributed by atoms with van der Waals surface area (Å²) in [5.74, 6) is -0.0589. The highest BCUT2D eigenvalue weighted by atomic mass is 32.2. The molecule has 0 atom stereocenters. The second-order valence-corrected chi connectivity index (χ2v) is 8.07. The van der Waals surface area contributed by atoms with Gasteiger partial charge in [0.1, 0.15) is 17.2 Å². The van der Waals surface area contributed by atoms with Gasteiger partial charge in [-0.3, -0.25) is 4.98 Å². The van der Waals surface area contributed by atoms with Crippen LogP contribution in [-0.2, 0) is 23.1 Å². The predicted molar refractivity (Wildman–Crippen MR) is 94.6 cm³/mol. The summed E-state index contributed by atoms with van der Waals surface area (Å²) < 4.78 is 64.9. The third-order valence-corrected chi connectivity index (χ3v) is 5.76. The molecule has 0 aliphatic carbocycles. The molecule has 0 aromatic carbocycles. The summed E-state index contributed by atoms with van der Waals surface area (Å²) in [4.78, 5) is 7.87. The lowest BCUT2D eigenvalue weighted by Gasteiger charge is -2.10. The molecule has 28 heavy (non-hydrogen) atoms. The van der Waals surface area contributed by atoms with Crippen molar-refractivity contribution in [2.45, 2.75) is 18.0 Å². The number of halogens is 3. The number of nitrogens with two attached hydrogens (primary N) is 1. The van der Waals surface area contributed by atoms with Gasteiger partial charge in [-0.05, 0) is 24.3 Å². The van der Waals surface area contributed by atoms with Crippen molar-refractivity contribution < 1.29 is 21.6 Å². The molecule has 0 aliphatic rings. The molecule has 0 saturated carbocycles. The summed E-state index contributed by atoms with van der Waals surface area (Å²) in [5, 5.41) is 7.78. The Labute approximate surface area is 158 Å². The van der Waals surface area contributed by atoms with Crippen molar-refractivity contribution in [2.75, 3.05) is 11.5 Å². The Bertz CT molecular complexity index is 1140. The molecule has 8 nitrogen and oxygen atoms in total. The van der Waals surface area contributed by atoms with Crippen molar-refractivity contribution in [3.63, 3.8) is 0 Å². The van der Waals surface area contributed by atoms with Gasteiger partial charge in [-0.2, -0.15) is 13.2 Å². The fourth-order valence-corrected chi connectivity index (χ4v) is 3.53. The van der Waals surface area contributed by atoms with Crippen molar-refractivity contribution in [1.82, 2.24) is 24.7 Å². The Kier molecular flexibility index (Phi) is 4.83. The van der Waals surface area contributed by atoms with Crippen LogP contribution in [0.4, 0.5) is 19.0 Å². The molecule has 2 N–H and O–H groups in total. The molecule has 0 saturated heterocycles. The lowest BCUT2D eigenvalue weighted by molar-refractivity contribution is -0.137. The molecule has 0 spiro atoms. The van der Waals surface area contributed by atoms with Gasteiger partial charge in [0.2, 0.25) is 0 Å². The summed E-state index contributed by atoms with van der Waals surface area (Å²) in [5.41, 5.74) is 4.69. The van der Waals surface area contributed by atoms with Crippen LogP contribution in [0.1, 0.15) is 12.5 Å². The first-order valence-corrected chi connectivity index (χ1v) is 9.62. The number of aromatic nitrogens is 5. The molecular formula is C16H15F3N6O2S. The molecule has 3 aromatic heterocycles. The van der Waals surface area contributed by atoms with E-state index in [1.807, 2.05) is 0 Å². The van der Waals surface area contributed by atoms with Crippen LogP contribution in [0.2, 0.25) is 0 Å². The van der Waals surface area contributed by atoms with Gasteiger partial charge in [0.25, 0.3) is 0 Å². The number of pyridine rings is 2. The van der Waals surface area contributed by atoms with Crippen LogP contribution in [0.15, 0.2) is 35.4 Å². The van der Waals surface area contributed by atoms with Crippen LogP contribution >= 0.6 is 0 Å². The molecule has 0 radical (unpaired) electrons. The minimum atomic E-state index is -4.54. The van der Waals surface area contributed by atoms with Crippen molar-refractivity contribution >= 4 is 15.7 Å². The van der Waals surface area contributed by atoms with Gasteiger partial charge in [-0.25, -0.2) is 13.4 Å². The zero-order chi connectivity index (χ0) is 20.7. The Morgan fingerprint density at radius 2 is 1.82 bits per heavy atom. The molecule has 0 aliphatic heterocycles. The molecule has 0 bridgehead atoms. The molecule has 0 unspecified atom stereocenters. The standard InChI is InChI=1S/C16H15F3N6O2S/c1-3-28(26,27)11-4-5-12(20)22-13(11)15-24-23-14(25(15)2)10-8-9(6-7-21-10)16(17,18)19/h4-8H,3H2,1-2H3,(H2,20,22). The van der Waals surface area contributed by atoms with E-state index in [1.165, 1.54) is 30.7 Å². The monoisotopic (exact) mass is 412 g/mol. The lowest BCUT2D eigenvalue weighted by atomic mass is 10.2. The van der Waals surface area contributed by atoms with Crippen LogP contribution in [0.5, 0.6) is 0 Å². The molecule has 0 amide bonds. The maximum Gasteiger partial charge on any atom is 0.416 e. The number of hydrogen-bond donors (Lipinski definition) is 1. The minimum absolute atomic E-state index is 0.0187. The van der Waals surface area contributed by atoms with E-state index in [1.54, 1.807) is 0 Å². The highest BCUT2D eigenvalue weighted by molar-refractivity contribution is 7.91. The van der Waals surface area contributed by atoms with E-state index in [-0.39, 0.29) is 39.5 Å². The summed E-state index contributed by atoms with van der Waals surface area (Å²) >= 11 is 0. The average Bonchev–Trinajstić information content (AvgIpc) is 3.02. The summed E-state index contributed by atoms with van der Waals surface area (Å²) in [6, 6.07) is 4.33. The van der Waals surface area contributed by atoms with Crippen molar-refractivity contribution in [1.29, 1.82) is 0 Å². The van der Waals surface area contributed by atoms with Gasteiger partial charge < -0.3 is 10.3 Å². The van der Waals surface area contributed by atoms with Crippen LogP contribution in [0.3, 0.4) is 0 Å². The Hall–Kier alpha value is -3.02. The van der Waals surface area contributed by atoms with Crippen molar-refractivity contribution in [3.8, 4) is 23.0 Å². The topological polar surface area (TPSA) is 117 Å². The van der Waals surface area contributed by atoms with Crippen molar-refractivity contribution in [3.05, 3.63) is 36.0 Å². The molecule has 3 heterocycles. The maximum absolute atomic E-state index is 13.0. The van der Waals surface area contributed by atoms with Crippen LogP contribution in [0.25, 0.3) is 23.0 Å². The van der Waals surface area contributed by atoms with E-state index in [9.17, 15) is 21.6 Å². The minimum Gasteiger partial charge on any atom is -0.384 e. The average molecular weight is 412 g/mol. The first-order valence-electron chi connectivity index (χ1n) is 7.97. The summed E-state index contributed by atoms with van der Waals surface area (Å²) in [6.45, 7) is 1.48. The number of sulfone groups is 1. The van der Waals surface area contributed by atoms with E-state index in [0.717, 1.165) is 18.3 Å². The maximum atomic E-state index is 13.0. The number of anilines is 1. The first kappa shape index (κ1) is 19.7. The number of alkyl halides is 3. The molecule has 3 rings (SSSR count). The number of rotatable bonds is 4. The fourth-order valence-electron chi connectivity index (χ4n) is 2.52. The SMILES string of the molecule is CCS(=O)(=O)c1ccc(N)nc1-c1nnc(-c2cc(C(F)(F)F)ccn2)n1C. The van der Waals surface area contributed by atoms with Crippen molar-refractivity contribution in [2.24, 2.45) is 7.05 Å². The third-order valence-electron chi connectivity index (χ3n) is 4.00. The normalized spacial score (nSPS) is 12.3. The number of nitrogens with zero attached hydrogens (tertiary/aromatic N) is 5. The smallest absolute Gasteiger partial charge is 0.384 e. The Morgan fingerprint density at radius 1 is 1.14 bits per heavy atom. The van der Waals surface area contributed by atoms with Gasteiger partial charge in [0.05, 0.1) is 16.2 Å². The highest BCUT2D eigenvalue weighted by Crippen LogP contribution is 2.32. The second kappa shape index (κ2) is 6.86. The third kappa shape index (κ3) is 3.54. The zero-order valence-electron chi connectivity index (χ0n) is 14.8. The van der Waals surface area contributed by atoms with E-state index in [0.29, 0.717) is 0 Å². The van der Waals surface area contributed by atoms with Crippen LogP contribution in [-0.4, -0.2) is 38.9 Å². The second-order valence-electron chi connectivity index (χ2n) is 5.82. The van der Waals surface area contributed by atoms with Gasteiger partial charge in [-0.15, -0.1) is 10.2 Å². The molecule has 0 fully saturated rings. The van der Waals surface area contributed by atoms with E-state index in [2.05, 4.69) is 20.2 Å². The van der Waals surface area contributed by atoms with Gasteiger partial charge >= 0.3 is 6.18 Å². The lowest BCUT2D eigenvalue weighted by Crippen LogP contribution is -2.10. The first-order chi connectivity index (χ1) is 13.0. The molecule has 3 aromatic rings. The predicted octanol–water partition coefficient (Wildman–Crippen LogP) is 2.33. The molecule has 12 heteroatoms. The number of nitrogen functional groups attached to an aromatic ring is 1. The zero-order valence-corrected chi connectivity index (χ0v) is 15.6. The van der Waals surface area contributed by atoms with Gasteiger partial charge in [0, 0.05) is 13.2 Å². The van der Waals surface area contributed by atoms with E-state index in [4.69, 9.17) is 5.73 Å². The van der Waals surface area contributed by atoms with E-state index >= 15 is 0 Å². The van der Waals surface area contributed by atoms with Gasteiger partial charge in [0.15, 0.2) is 21.5 Å². The van der Waals surface area contributed by atoms with Crippen LogP contribution < -0.4 is 5.73 Å². The molecular weight excluding hydrogens is 397 g/mol. The van der Waals surface area contributed by atoms with E-state index < -0.39 is 21.6 Å². The van der Waals surface area contributed by atoms with Crippen LogP contribution in [0, 0.1) is 0 Å². The highest BCUT2D eigenvalue weighted by Gasteiger charge is 2.31. The van der Waals surface area contributed by atoms with Gasteiger partial charge in [-0.1, -0.05) is 6.92 Å². The Balaban J connectivity index is 2.18. The fraction of sp³-hybridized carbons (Fsp3) is 0.250.